The van der Waals surface area contributed by atoms with Crippen molar-refractivity contribution in [3.63, 3.8) is 0 Å². The predicted octanol–water partition coefficient (Wildman–Crippen LogP) is 2.07. The zero-order valence-electron chi connectivity index (χ0n) is 11.0. The Bertz CT molecular complexity index is 521. The fourth-order valence-corrected chi connectivity index (χ4v) is 1.83. The number of aryl methyl sites for hydroxylation is 1. The van der Waals surface area contributed by atoms with Gasteiger partial charge in [0.1, 0.15) is 0 Å². The Balaban J connectivity index is 1.73. The summed E-state index contributed by atoms with van der Waals surface area (Å²) < 4.78 is 1.90. The number of thiocarbonyl (C=S) groups is 1. The summed E-state index contributed by atoms with van der Waals surface area (Å²) in [7, 11) is 0. The standard InChI is InChI=1S/C14H18N4S/c1-2-18-9-8-13(17-18)11-16-14(19)15-10-12-6-4-3-5-7-12/h3-9H,2,10-11H2,1H3,(H2,15,16,19). The minimum atomic E-state index is 0.646. The summed E-state index contributed by atoms with van der Waals surface area (Å²) in [5, 5.41) is 11.4. The van der Waals surface area contributed by atoms with Crippen LogP contribution >= 0.6 is 12.2 Å². The van der Waals surface area contributed by atoms with Crippen molar-refractivity contribution >= 4 is 17.3 Å². The highest BCUT2D eigenvalue weighted by Gasteiger charge is 2.00. The number of nitrogens with one attached hydrogen (secondary N) is 2. The molecule has 0 saturated carbocycles. The van der Waals surface area contributed by atoms with Crippen LogP contribution in [-0.2, 0) is 19.6 Å². The minimum absolute atomic E-state index is 0.646. The van der Waals surface area contributed by atoms with Crippen molar-refractivity contribution in [2.45, 2.75) is 26.6 Å². The summed E-state index contributed by atoms with van der Waals surface area (Å²) in [4.78, 5) is 0. The topological polar surface area (TPSA) is 41.9 Å². The van der Waals surface area contributed by atoms with Crippen LogP contribution in [0, 0.1) is 0 Å². The number of hydrogen-bond acceptors (Lipinski definition) is 2. The third-order valence-electron chi connectivity index (χ3n) is 2.75. The van der Waals surface area contributed by atoms with Crippen molar-refractivity contribution in [1.29, 1.82) is 0 Å². The normalized spacial score (nSPS) is 10.2. The molecule has 5 heteroatoms. The highest BCUT2D eigenvalue weighted by molar-refractivity contribution is 7.80. The van der Waals surface area contributed by atoms with Crippen molar-refractivity contribution in [1.82, 2.24) is 20.4 Å². The summed E-state index contributed by atoms with van der Waals surface area (Å²) in [6, 6.07) is 12.2. The van der Waals surface area contributed by atoms with Gasteiger partial charge in [0, 0.05) is 19.3 Å². The van der Waals surface area contributed by atoms with Crippen LogP contribution in [0.4, 0.5) is 0 Å². The molecule has 0 aliphatic carbocycles. The summed E-state index contributed by atoms with van der Waals surface area (Å²) in [6.45, 7) is 4.33. The summed E-state index contributed by atoms with van der Waals surface area (Å²) in [6.07, 6.45) is 1.97. The van der Waals surface area contributed by atoms with Crippen molar-refractivity contribution < 1.29 is 0 Å². The minimum Gasteiger partial charge on any atom is -0.359 e. The summed E-state index contributed by atoms with van der Waals surface area (Å²) in [5.74, 6) is 0. The molecule has 0 aliphatic heterocycles. The molecule has 1 aromatic carbocycles. The lowest BCUT2D eigenvalue weighted by molar-refractivity contribution is 0.642. The van der Waals surface area contributed by atoms with E-state index in [1.807, 2.05) is 35.1 Å². The van der Waals surface area contributed by atoms with Gasteiger partial charge in [-0.25, -0.2) is 0 Å². The highest BCUT2D eigenvalue weighted by Crippen LogP contribution is 1.97. The van der Waals surface area contributed by atoms with Gasteiger partial charge in [-0.05, 0) is 30.8 Å². The van der Waals surface area contributed by atoms with E-state index >= 15 is 0 Å². The smallest absolute Gasteiger partial charge is 0.166 e. The molecule has 0 unspecified atom stereocenters. The molecule has 4 nitrogen and oxygen atoms in total. The van der Waals surface area contributed by atoms with Crippen LogP contribution in [0.15, 0.2) is 42.6 Å². The highest BCUT2D eigenvalue weighted by atomic mass is 32.1. The van der Waals surface area contributed by atoms with Crippen molar-refractivity contribution in [2.75, 3.05) is 0 Å². The average molecular weight is 274 g/mol. The predicted molar refractivity (Wildman–Crippen MR) is 80.6 cm³/mol. The molecule has 1 aromatic heterocycles. The van der Waals surface area contributed by atoms with Crippen LogP contribution in [-0.4, -0.2) is 14.9 Å². The van der Waals surface area contributed by atoms with E-state index in [1.165, 1.54) is 5.56 Å². The second-order valence-corrected chi connectivity index (χ2v) is 4.59. The molecule has 0 fully saturated rings. The average Bonchev–Trinajstić information content (AvgIpc) is 2.92. The quantitative estimate of drug-likeness (QED) is 0.819. The third kappa shape index (κ3) is 4.37. The summed E-state index contributed by atoms with van der Waals surface area (Å²) in [5.41, 5.74) is 2.20. The molecule has 0 radical (unpaired) electrons. The van der Waals surface area contributed by atoms with E-state index in [0.717, 1.165) is 18.8 Å². The van der Waals surface area contributed by atoms with Gasteiger partial charge in [0.15, 0.2) is 5.11 Å². The second-order valence-electron chi connectivity index (χ2n) is 4.18. The zero-order chi connectivity index (χ0) is 13.5. The maximum atomic E-state index is 5.23. The van der Waals surface area contributed by atoms with Crippen LogP contribution in [0.25, 0.3) is 0 Å². The Hall–Kier alpha value is -1.88. The Kier molecular flexibility index (Phi) is 4.92. The number of aromatic nitrogens is 2. The van der Waals surface area contributed by atoms with Crippen molar-refractivity contribution in [3.05, 3.63) is 53.9 Å². The first kappa shape index (κ1) is 13.5. The molecule has 2 N–H and O–H groups in total. The molecule has 100 valence electrons. The van der Waals surface area contributed by atoms with Gasteiger partial charge in [-0.2, -0.15) is 5.10 Å². The van der Waals surface area contributed by atoms with Gasteiger partial charge in [0.05, 0.1) is 12.2 Å². The lowest BCUT2D eigenvalue weighted by Gasteiger charge is -2.09. The van der Waals surface area contributed by atoms with Gasteiger partial charge in [0.2, 0.25) is 0 Å². The van der Waals surface area contributed by atoms with Gasteiger partial charge in [-0.1, -0.05) is 30.3 Å². The first-order chi connectivity index (χ1) is 9.28. The molecule has 1 heterocycles. The lowest BCUT2D eigenvalue weighted by Crippen LogP contribution is -2.34. The SMILES string of the molecule is CCn1ccc(CNC(=S)NCc2ccccc2)n1. The Morgan fingerprint density at radius 2 is 1.89 bits per heavy atom. The van der Waals surface area contributed by atoms with Crippen molar-refractivity contribution in [3.8, 4) is 0 Å². The first-order valence-corrected chi connectivity index (χ1v) is 6.76. The van der Waals surface area contributed by atoms with E-state index in [9.17, 15) is 0 Å². The summed E-state index contributed by atoms with van der Waals surface area (Å²) >= 11 is 5.23. The largest absolute Gasteiger partial charge is 0.359 e. The molecule has 0 spiro atoms. The molecule has 0 amide bonds. The van der Waals surface area contributed by atoms with Crippen LogP contribution in [0.1, 0.15) is 18.2 Å². The van der Waals surface area contributed by atoms with Crippen LogP contribution < -0.4 is 10.6 Å². The molecular formula is C14H18N4S. The van der Waals surface area contributed by atoms with Gasteiger partial charge in [-0.3, -0.25) is 4.68 Å². The van der Waals surface area contributed by atoms with E-state index < -0.39 is 0 Å². The monoisotopic (exact) mass is 274 g/mol. The molecule has 2 aromatic rings. The van der Waals surface area contributed by atoms with E-state index in [2.05, 4.69) is 34.8 Å². The van der Waals surface area contributed by atoms with E-state index in [1.54, 1.807) is 0 Å². The van der Waals surface area contributed by atoms with Crippen molar-refractivity contribution in [2.24, 2.45) is 0 Å². The van der Waals surface area contributed by atoms with E-state index in [0.29, 0.717) is 11.7 Å². The first-order valence-electron chi connectivity index (χ1n) is 6.36. The maximum Gasteiger partial charge on any atom is 0.166 e. The van der Waals surface area contributed by atoms with Gasteiger partial charge >= 0.3 is 0 Å². The number of nitrogens with zero attached hydrogens (tertiary/aromatic N) is 2. The number of hydrogen-bond donors (Lipinski definition) is 2. The fourth-order valence-electron chi connectivity index (χ4n) is 1.69. The molecule has 0 aliphatic rings. The van der Waals surface area contributed by atoms with E-state index in [4.69, 9.17) is 12.2 Å². The Labute approximate surface area is 118 Å². The molecular weight excluding hydrogens is 256 g/mol. The van der Waals surface area contributed by atoms with E-state index in [-0.39, 0.29) is 0 Å². The molecule has 0 saturated heterocycles. The van der Waals surface area contributed by atoms with Gasteiger partial charge < -0.3 is 10.6 Å². The molecule has 19 heavy (non-hydrogen) atoms. The fraction of sp³-hybridized carbons (Fsp3) is 0.286. The lowest BCUT2D eigenvalue weighted by atomic mass is 10.2. The Morgan fingerprint density at radius 3 is 2.58 bits per heavy atom. The van der Waals surface area contributed by atoms with Crippen LogP contribution in [0.3, 0.4) is 0 Å². The zero-order valence-corrected chi connectivity index (χ0v) is 11.8. The molecule has 0 bridgehead atoms. The Morgan fingerprint density at radius 1 is 1.16 bits per heavy atom. The maximum absolute atomic E-state index is 5.23. The second kappa shape index (κ2) is 6.89. The van der Waals surface area contributed by atoms with Crippen LogP contribution in [0.5, 0.6) is 0 Å². The molecule has 0 atom stereocenters. The number of benzene rings is 1. The molecule has 2 rings (SSSR count). The van der Waals surface area contributed by atoms with Gasteiger partial charge in [0.25, 0.3) is 0 Å². The van der Waals surface area contributed by atoms with Crippen LogP contribution in [0.2, 0.25) is 0 Å². The number of rotatable bonds is 5. The third-order valence-corrected chi connectivity index (χ3v) is 3.03. The van der Waals surface area contributed by atoms with Gasteiger partial charge in [-0.15, -0.1) is 0 Å².